The van der Waals surface area contributed by atoms with Crippen molar-refractivity contribution in [2.24, 2.45) is 5.41 Å². The van der Waals surface area contributed by atoms with E-state index in [1.54, 1.807) is 0 Å². The monoisotopic (exact) mass is 202 g/mol. The zero-order valence-corrected chi connectivity index (χ0v) is 8.99. The van der Waals surface area contributed by atoms with Crippen LogP contribution in [0.3, 0.4) is 0 Å². The molecule has 0 radical (unpaired) electrons. The summed E-state index contributed by atoms with van der Waals surface area (Å²) in [5.41, 5.74) is -0.312. The third-order valence-electron chi connectivity index (χ3n) is 2.69. The standard InChI is InChI=1S/C13H14O2/c1-4-13(2,3)12-9-14-10-7-5-6-8-11(10)15-12/h1,5-8,12H,9H2,2-3H3. The number of benzene rings is 1. The van der Waals surface area contributed by atoms with Gasteiger partial charge in [-0.15, -0.1) is 6.42 Å². The van der Waals surface area contributed by atoms with Crippen LogP contribution in [0, 0.1) is 17.8 Å². The average Bonchev–Trinajstić information content (AvgIpc) is 2.28. The van der Waals surface area contributed by atoms with E-state index in [-0.39, 0.29) is 11.5 Å². The van der Waals surface area contributed by atoms with Gasteiger partial charge in [0, 0.05) is 0 Å². The van der Waals surface area contributed by atoms with Gasteiger partial charge < -0.3 is 9.47 Å². The minimum atomic E-state index is -0.312. The molecule has 0 fully saturated rings. The molecule has 0 aromatic heterocycles. The minimum absolute atomic E-state index is 0.0857. The Balaban J connectivity index is 2.23. The Morgan fingerprint density at radius 3 is 2.67 bits per heavy atom. The Labute approximate surface area is 90.2 Å². The van der Waals surface area contributed by atoms with Crippen molar-refractivity contribution in [1.29, 1.82) is 0 Å². The Kier molecular flexibility index (Phi) is 2.32. The zero-order chi connectivity index (χ0) is 10.9. The number of hydrogen-bond donors (Lipinski definition) is 0. The van der Waals surface area contributed by atoms with E-state index in [1.165, 1.54) is 0 Å². The molecule has 78 valence electrons. The smallest absolute Gasteiger partial charge is 0.161 e. The molecule has 0 saturated heterocycles. The maximum absolute atomic E-state index is 5.82. The summed E-state index contributed by atoms with van der Waals surface area (Å²) >= 11 is 0. The van der Waals surface area contributed by atoms with Crippen LogP contribution in [0.15, 0.2) is 24.3 Å². The number of rotatable bonds is 1. The molecule has 1 aromatic carbocycles. The first-order valence-corrected chi connectivity index (χ1v) is 5.00. The van der Waals surface area contributed by atoms with E-state index in [1.807, 2.05) is 38.1 Å². The van der Waals surface area contributed by atoms with Gasteiger partial charge in [-0.1, -0.05) is 18.1 Å². The van der Waals surface area contributed by atoms with E-state index < -0.39 is 0 Å². The first kappa shape index (κ1) is 9.92. The molecular weight excluding hydrogens is 188 g/mol. The fraction of sp³-hybridized carbons (Fsp3) is 0.385. The summed E-state index contributed by atoms with van der Waals surface area (Å²) in [4.78, 5) is 0. The van der Waals surface area contributed by atoms with Crippen molar-refractivity contribution in [3.8, 4) is 23.8 Å². The second-order valence-electron chi connectivity index (χ2n) is 4.23. The van der Waals surface area contributed by atoms with Gasteiger partial charge in [-0.3, -0.25) is 0 Å². The zero-order valence-electron chi connectivity index (χ0n) is 8.99. The maximum Gasteiger partial charge on any atom is 0.161 e. The lowest BCUT2D eigenvalue weighted by Crippen LogP contribution is -2.40. The third kappa shape index (κ3) is 1.78. The van der Waals surface area contributed by atoms with Crippen molar-refractivity contribution in [3.05, 3.63) is 24.3 Å². The van der Waals surface area contributed by atoms with Gasteiger partial charge in [-0.2, -0.15) is 0 Å². The molecule has 2 heteroatoms. The van der Waals surface area contributed by atoms with Crippen LogP contribution in [0.5, 0.6) is 11.5 Å². The average molecular weight is 202 g/mol. The van der Waals surface area contributed by atoms with Crippen LogP contribution in [0.25, 0.3) is 0 Å². The van der Waals surface area contributed by atoms with E-state index in [4.69, 9.17) is 15.9 Å². The van der Waals surface area contributed by atoms with Crippen LogP contribution < -0.4 is 9.47 Å². The van der Waals surface area contributed by atoms with Gasteiger partial charge in [0.1, 0.15) is 12.7 Å². The summed E-state index contributed by atoms with van der Waals surface area (Å²) in [6, 6.07) is 7.64. The normalized spacial score (nSPS) is 19.4. The van der Waals surface area contributed by atoms with Crippen molar-refractivity contribution < 1.29 is 9.47 Å². The van der Waals surface area contributed by atoms with Crippen LogP contribution in [-0.2, 0) is 0 Å². The quantitative estimate of drug-likeness (QED) is 0.651. The Hall–Kier alpha value is -1.62. The highest BCUT2D eigenvalue weighted by Gasteiger charge is 2.33. The predicted octanol–water partition coefficient (Wildman–Crippen LogP) is 2.49. The first-order chi connectivity index (χ1) is 7.13. The minimum Gasteiger partial charge on any atom is -0.486 e. The topological polar surface area (TPSA) is 18.5 Å². The molecule has 1 heterocycles. The molecule has 0 amide bonds. The van der Waals surface area contributed by atoms with Crippen LogP contribution in [0.4, 0.5) is 0 Å². The van der Waals surface area contributed by atoms with Gasteiger partial charge in [0.05, 0.1) is 5.41 Å². The highest BCUT2D eigenvalue weighted by molar-refractivity contribution is 5.41. The summed E-state index contributed by atoms with van der Waals surface area (Å²) in [6.07, 6.45) is 5.39. The molecule has 0 N–H and O–H groups in total. The van der Waals surface area contributed by atoms with Crippen LogP contribution in [0.1, 0.15) is 13.8 Å². The van der Waals surface area contributed by atoms with Gasteiger partial charge in [0.15, 0.2) is 11.5 Å². The largest absolute Gasteiger partial charge is 0.486 e. The maximum atomic E-state index is 5.82. The molecular formula is C13H14O2. The van der Waals surface area contributed by atoms with E-state index in [0.29, 0.717) is 6.61 Å². The van der Waals surface area contributed by atoms with Crippen molar-refractivity contribution in [3.63, 3.8) is 0 Å². The SMILES string of the molecule is C#CC(C)(C)C1COc2ccccc2O1. The lowest BCUT2D eigenvalue weighted by molar-refractivity contribution is 0.0336. The fourth-order valence-corrected chi connectivity index (χ4v) is 1.47. The highest BCUT2D eigenvalue weighted by atomic mass is 16.6. The Morgan fingerprint density at radius 1 is 1.33 bits per heavy atom. The number of para-hydroxylation sites is 2. The lowest BCUT2D eigenvalue weighted by Gasteiger charge is -2.34. The molecule has 2 nitrogen and oxygen atoms in total. The summed E-state index contributed by atoms with van der Waals surface area (Å²) < 4.78 is 11.4. The van der Waals surface area contributed by atoms with Crippen molar-refractivity contribution >= 4 is 0 Å². The van der Waals surface area contributed by atoms with Gasteiger partial charge in [-0.25, -0.2) is 0 Å². The fourth-order valence-electron chi connectivity index (χ4n) is 1.47. The van der Waals surface area contributed by atoms with Gasteiger partial charge in [-0.05, 0) is 26.0 Å². The molecule has 1 aliphatic rings. The summed E-state index contributed by atoms with van der Waals surface area (Å²) in [7, 11) is 0. The molecule has 0 bridgehead atoms. The Bertz CT molecular complexity index is 401. The third-order valence-corrected chi connectivity index (χ3v) is 2.69. The van der Waals surface area contributed by atoms with Crippen LogP contribution in [0.2, 0.25) is 0 Å². The summed E-state index contributed by atoms with van der Waals surface area (Å²) in [5.74, 6) is 4.31. The molecule has 0 spiro atoms. The molecule has 1 unspecified atom stereocenters. The highest BCUT2D eigenvalue weighted by Crippen LogP contribution is 2.35. The van der Waals surface area contributed by atoms with E-state index >= 15 is 0 Å². The Morgan fingerprint density at radius 2 is 2.00 bits per heavy atom. The van der Waals surface area contributed by atoms with Gasteiger partial charge in [0.25, 0.3) is 0 Å². The first-order valence-electron chi connectivity index (χ1n) is 5.00. The molecule has 0 saturated carbocycles. The number of fused-ring (bicyclic) bond motifs is 1. The molecule has 0 aliphatic carbocycles. The van der Waals surface area contributed by atoms with Crippen LogP contribution in [-0.4, -0.2) is 12.7 Å². The summed E-state index contributed by atoms with van der Waals surface area (Å²) in [5, 5.41) is 0. The number of hydrogen-bond acceptors (Lipinski definition) is 2. The predicted molar refractivity (Wildman–Crippen MR) is 59.0 cm³/mol. The molecule has 1 aromatic rings. The molecule has 15 heavy (non-hydrogen) atoms. The van der Waals surface area contributed by atoms with E-state index in [9.17, 15) is 0 Å². The van der Waals surface area contributed by atoms with Crippen molar-refractivity contribution in [1.82, 2.24) is 0 Å². The van der Waals surface area contributed by atoms with E-state index in [2.05, 4.69) is 5.92 Å². The number of terminal acetylenes is 1. The van der Waals surface area contributed by atoms with Crippen molar-refractivity contribution in [2.45, 2.75) is 20.0 Å². The van der Waals surface area contributed by atoms with Crippen molar-refractivity contribution in [2.75, 3.05) is 6.61 Å². The lowest BCUT2D eigenvalue weighted by atomic mass is 9.87. The van der Waals surface area contributed by atoms with E-state index in [0.717, 1.165) is 11.5 Å². The second kappa shape index (κ2) is 3.51. The van der Waals surface area contributed by atoms with Crippen LogP contribution >= 0.6 is 0 Å². The van der Waals surface area contributed by atoms with Gasteiger partial charge in [0.2, 0.25) is 0 Å². The molecule has 1 atom stereocenters. The number of ether oxygens (including phenoxy) is 2. The molecule has 2 rings (SSSR count). The molecule has 1 aliphatic heterocycles. The second-order valence-corrected chi connectivity index (χ2v) is 4.23. The summed E-state index contributed by atoms with van der Waals surface area (Å²) in [6.45, 7) is 4.47. The van der Waals surface area contributed by atoms with Gasteiger partial charge >= 0.3 is 0 Å².